The topological polar surface area (TPSA) is 118 Å². The van der Waals surface area contributed by atoms with Gasteiger partial charge in [-0.25, -0.2) is 0 Å². The molecule has 1 fully saturated rings. The Morgan fingerprint density at radius 1 is 1.16 bits per heavy atom. The highest BCUT2D eigenvalue weighted by Crippen LogP contribution is 2.39. The Kier molecular flexibility index (Phi) is 11.3. The van der Waals surface area contributed by atoms with E-state index >= 15 is 0 Å². The third-order valence-corrected chi connectivity index (χ3v) is 8.36. The molecule has 2 aliphatic rings. The number of phenolic OH excluding ortho intramolecular Hbond substituents is 1. The molecule has 5 rings (SSSR count). The molecule has 0 atom stereocenters. The van der Waals surface area contributed by atoms with Crippen LogP contribution in [0, 0.1) is 0 Å². The summed E-state index contributed by atoms with van der Waals surface area (Å²) in [7, 11) is 0. The van der Waals surface area contributed by atoms with Crippen molar-refractivity contribution in [2.75, 3.05) is 44.8 Å². The van der Waals surface area contributed by atoms with Crippen LogP contribution in [-0.4, -0.2) is 77.1 Å². The summed E-state index contributed by atoms with van der Waals surface area (Å²) in [4.78, 5) is 26.9. The van der Waals surface area contributed by atoms with E-state index in [0.717, 1.165) is 48.9 Å². The Balaban J connectivity index is 1.04. The number of anilines is 1. The summed E-state index contributed by atoms with van der Waals surface area (Å²) in [6, 6.07) is 12.2. The minimum atomic E-state index is -0.276. The maximum absolute atomic E-state index is 13.3. The third-order valence-electron chi connectivity index (χ3n) is 8.36. The molecule has 10 heteroatoms. The van der Waals surface area contributed by atoms with Crippen molar-refractivity contribution in [3.8, 4) is 22.6 Å². The van der Waals surface area contributed by atoms with Crippen LogP contribution in [0.25, 0.3) is 11.1 Å². The van der Waals surface area contributed by atoms with Gasteiger partial charge in [0.05, 0.1) is 25.8 Å². The second-order valence-corrected chi connectivity index (χ2v) is 11.6. The fourth-order valence-corrected chi connectivity index (χ4v) is 6.05. The van der Waals surface area contributed by atoms with Gasteiger partial charge in [-0.2, -0.15) is 5.10 Å². The van der Waals surface area contributed by atoms with E-state index in [1.165, 1.54) is 18.4 Å². The van der Waals surface area contributed by atoms with E-state index in [-0.39, 0.29) is 24.2 Å². The Morgan fingerprint density at radius 2 is 2.02 bits per heavy atom. The number of phenols is 1. The predicted octanol–water partition coefficient (Wildman–Crippen LogP) is 4.55. The van der Waals surface area contributed by atoms with Gasteiger partial charge in [-0.15, -0.1) is 0 Å². The average molecular weight is 604 g/mol. The number of nitrogens with zero attached hydrogens (tertiary/aromatic N) is 3. The van der Waals surface area contributed by atoms with Crippen LogP contribution in [0.2, 0.25) is 0 Å². The Hall–Kier alpha value is -3.89. The summed E-state index contributed by atoms with van der Waals surface area (Å²) in [5.74, 6) is 0.408. The monoisotopic (exact) mass is 603 g/mol. The summed E-state index contributed by atoms with van der Waals surface area (Å²) in [5, 5.41) is 20.7. The number of aromatic nitrogens is 2. The molecule has 44 heavy (non-hydrogen) atoms. The zero-order valence-electron chi connectivity index (χ0n) is 25.7. The number of ether oxygens (including phenoxy) is 2. The summed E-state index contributed by atoms with van der Waals surface area (Å²) < 4.78 is 13.5. The van der Waals surface area contributed by atoms with E-state index in [2.05, 4.69) is 53.1 Å². The Labute approximate surface area is 259 Å². The number of benzene rings is 2. The van der Waals surface area contributed by atoms with E-state index in [4.69, 9.17) is 9.47 Å². The van der Waals surface area contributed by atoms with E-state index in [1.807, 2.05) is 21.8 Å². The molecule has 236 valence electrons. The second-order valence-electron chi connectivity index (χ2n) is 11.6. The van der Waals surface area contributed by atoms with Crippen LogP contribution in [0.15, 0.2) is 48.8 Å². The van der Waals surface area contributed by atoms with Crippen molar-refractivity contribution < 1.29 is 24.2 Å². The lowest BCUT2D eigenvalue weighted by Gasteiger charge is -2.29. The van der Waals surface area contributed by atoms with Crippen molar-refractivity contribution in [1.29, 1.82) is 0 Å². The van der Waals surface area contributed by atoms with E-state index < -0.39 is 0 Å². The number of nitrogens with one attached hydrogen (secondary N) is 2. The van der Waals surface area contributed by atoms with Crippen LogP contribution < -0.4 is 15.4 Å². The van der Waals surface area contributed by atoms with Gasteiger partial charge in [0, 0.05) is 37.4 Å². The number of carbonyl (C=O) groups excluding carboxylic acids is 2. The number of fused-ring (bicyclic) bond motifs is 1. The molecule has 0 spiro atoms. The lowest BCUT2D eigenvalue weighted by atomic mass is 10.0. The highest BCUT2D eigenvalue weighted by molar-refractivity contribution is 5.97. The lowest BCUT2D eigenvalue weighted by Crippen LogP contribution is -2.43. The number of aromatic hydroxyl groups is 1. The summed E-state index contributed by atoms with van der Waals surface area (Å²) in [6.07, 6.45) is 11.4. The van der Waals surface area contributed by atoms with E-state index in [0.29, 0.717) is 63.2 Å². The summed E-state index contributed by atoms with van der Waals surface area (Å²) >= 11 is 0. The molecule has 2 heterocycles. The highest BCUT2D eigenvalue weighted by Gasteiger charge is 2.26. The van der Waals surface area contributed by atoms with Gasteiger partial charge >= 0.3 is 0 Å². The van der Waals surface area contributed by atoms with Crippen molar-refractivity contribution >= 4 is 17.5 Å². The quantitative estimate of drug-likeness (QED) is 0.162. The number of carbonyl (C=O) groups is 2. The zero-order chi connectivity index (χ0) is 30.7. The molecule has 2 amide bonds. The van der Waals surface area contributed by atoms with Crippen molar-refractivity contribution in [2.24, 2.45) is 0 Å². The third kappa shape index (κ3) is 8.39. The maximum Gasteiger partial charge on any atom is 0.262 e. The van der Waals surface area contributed by atoms with Gasteiger partial charge in [-0.05, 0) is 61.4 Å². The van der Waals surface area contributed by atoms with Crippen LogP contribution in [0.5, 0.6) is 11.5 Å². The lowest BCUT2D eigenvalue weighted by molar-refractivity contribution is -0.134. The first kappa shape index (κ1) is 31.5. The molecule has 0 bridgehead atoms. The smallest absolute Gasteiger partial charge is 0.262 e. The molecular weight excluding hydrogens is 558 g/mol. The standard InChI is InChI=1S/C34H45N5O5/c1-2-17-38-23-28(22-36-38)27-7-5-6-25(21-27)13-19-43-20-14-32(42)39(29-8-3-4-9-29)18-16-35-15-12-26-10-11-30(40)33-34(26)44-24-31(41)37-33/h5-7,10-11,21-23,29,35,40H,2-4,8-9,12-20,24H2,1H3,(H,37,41). The summed E-state index contributed by atoms with van der Waals surface area (Å²) in [5.41, 5.74) is 4.74. The average Bonchev–Trinajstić information content (AvgIpc) is 3.73. The minimum Gasteiger partial charge on any atom is -0.506 e. The molecule has 1 aliphatic heterocycles. The fraction of sp³-hybridized carbons (Fsp3) is 0.500. The molecule has 0 unspecified atom stereocenters. The van der Waals surface area contributed by atoms with Gasteiger partial charge in [0.15, 0.2) is 12.4 Å². The van der Waals surface area contributed by atoms with Crippen LogP contribution in [0.1, 0.15) is 56.6 Å². The van der Waals surface area contributed by atoms with Crippen molar-refractivity contribution in [1.82, 2.24) is 20.0 Å². The summed E-state index contributed by atoms with van der Waals surface area (Å²) in [6.45, 7) is 6.04. The first-order chi connectivity index (χ1) is 21.5. The van der Waals surface area contributed by atoms with Crippen LogP contribution in [0.4, 0.5) is 5.69 Å². The molecule has 3 aromatic rings. The van der Waals surface area contributed by atoms with E-state index in [9.17, 15) is 14.7 Å². The predicted molar refractivity (Wildman–Crippen MR) is 170 cm³/mol. The molecule has 3 N–H and O–H groups in total. The van der Waals surface area contributed by atoms with Crippen LogP contribution in [-0.2, 0) is 33.7 Å². The molecule has 10 nitrogen and oxygen atoms in total. The largest absolute Gasteiger partial charge is 0.506 e. The number of aryl methyl sites for hydroxylation is 1. The SMILES string of the molecule is CCCn1cc(-c2cccc(CCOCCC(=O)N(CCNCCc3ccc(O)c4c3OCC(=O)N4)C3CCCC3)c2)cn1. The number of rotatable bonds is 16. The van der Waals surface area contributed by atoms with Gasteiger partial charge in [-0.3, -0.25) is 14.3 Å². The van der Waals surface area contributed by atoms with Gasteiger partial charge in [0.1, 0.15) is 11.4 Å². The van der Waals surface area contributed by atoms with Gasteiger partial charge in [0.25, 0.3) is 5.91 Å². The van der Waals surface area contributed by atoms with Gasteiger partial charge in [0.2, 0.25) is 5.91 Å². The molecule has 0 saturated heterocycles. The minimum absolute atomic E-state index is 0.000226. The van der Waals surface area contributed by atoms with E-state index in [1.54, 1.807) is 6.07 Å². The van der Waals surface area contributed by atoms with Gasteiger partial charge < -0.3 is 30.1 Å². The fourth-order valence-electron chi connectivity index (χ4n) is 6.05. The van der Waals surface area contributed by atoms with Gasteiger partial charge in [-0.1, -0.05) is 50.1 Å². The molecule has 0 radical (unpaired) electrons. The Morgan fingerprint density at radius 3 is 2.86 bits per heavy atom. The molecule has 1 saturated carbocycles. The van der Waals surface area contributed by atoms with Crippen LogP contribution in [0.3, 0.4) is 0 Å². The molecule has 1 aromatic heterocycles. The Bertz CT molecular complexity index is 1400. The molecule has 1 aliphatic carbocycles. The first-order valence-electron chi connectivity index (χ1n) is 16.0. The van der Waals surface area contributed by atoms with Crippen molar-refractivity contribution in [3.05, 3.63) is 59.9 Å². The first-order valence-corrected chi connectivity index (χ1v) is 16.0. The zero-order valence-corrected chi connectivity index (χ0v) is 25.7. The highest BCUT2D eigenvalue weighted by atomic mass is 16.5. The number of hydrogen-bond acceptors (Lipinski definition) is 7. The van der Waals surface area contributed by atoms with Crippen LogP contribution >= 0.6 is 0 Å². The maximum atomic E-state index is 13.3. The van der Waals surface area contributed by atoms with Crippen molar-refractivity contribution in [3.63, 3.8) is 0 Å². The second kappa shape index (κ2) is 15.7. The number of amides is 2. The van der Waals surface area contributed by atoms with Crippen molar-refractivity contribution in [2.45, 2.75) is 70.9 Å². The molecule has 2 aromatic carbocycles. The molecular formula is C34H45N5O5. The number of hydrogen-bond donors (Lipinski definition) is 3. The normalized spacial score (nSPS) is 14.7.